The van der Waals surface area contributed by atoms with Crippen molar-refractivity contribution in [3.05, 3.63) is 51.3 Å². The first kappa shape index (κ1) is 13.8. The quantitative estimate of drug-likeness (QED) is 0.880. The van der Waals surface area contributed by atoms with Gasteiger partial charge in [0.25, 0.3) is 0 Å². The summed E-state index contributed by atoms with van der Waals surface area (Å²) in [5.41, 5.74) is 0.317. The highest BCUT2D eigenvalue weighted by molar-refractivity contribution is 9.10. The van der Waals surface area contributed by atoms with Gasteiger partial charge in [-0.1, -0.05) is 17.7 Å². The summed E-state index contributed by atoms with van der Waals surface area (Å²) in [5, 5.41) is 11.9. The molecule has 19 heavy (non-hydrogen) atoms. The van der Waals surface area contributed by atoms with Gasteiger partial charge in [-0.15, -0.1) is 0 Å². The Hall–Kier alpha value is -1.66. The van der Waals surface area contributed by atoms with Crippen LogP contribution in [0.4, 0.5) is 15.9 Å². The number of rotatable bonds is 3. The van der Waals surface area contributed by atoms with Crippen molar-refractivity contribution in [1.82, 2.24) is 4.98 Å². The highest BCUT2D eigenvalue weighted by Crippen LogP contribution is 2.33. The molecule has 0 radical (unpaired) electrons. The van der Waals surface area contributed by atoms with E-state index in [2.05, 4.69) is 26.2 Å². The van der Waals surface area contributed by atoms with Crippen LogP contribution in [0.15, 0.2) is 34.8 Å². The fraction of sp³-hybridized carbons (Fsp3) is 0. The molecule has 0 atom stereocenters. The van der Waals surface area contributed by atoms with Gasteiger partial charge < -0.3 is 10.4 Å². The first-order valence-electron chi connectivity index (χ1n) is 5.09. The number of benzene rings is 1. The van der Waals surface area contributed by atoms with E-state index in [1.807, 2.05) is 0 Å². The summed E-state index contributed by atoms with van der Waals surface area (Å²) < 4.78 is 13.5. The van der Waals surface area contributed by atoms with Crippen LogP contribution >= 0.6 is 27.5 Å². The Labute approximate surface area is 121 Å². The molecule has 0 saturated heterocycles. The molecule has 1 aromatic carbocycles. The lowest BCUT2D eigenvalue weighted by atomic mass is 10.3. The Morgan fingerprint density at radius 1 is 1.42 bits per heavy atom. The number of nitrogens with one attached hydrogen (secondary N) is 1. The van der Waals surface area contributed by atoms with Crippen molar-refractivity contribution in [2.75, 3.05) is 5.32 Å². The van der Waals surface area contributed by atoms with Crippen molar-refractivity contribution in [3.8, 4) is 0 Å². The van der Waals surface area contributed by atoms with Gasteiger partial charge in [0.2, 0.25) is 0 Å². The molecule has 7 heteroatoms. The normalized spacial score (nSPS) is 10.3. The number of halogens is 3. The molecule has 1 heterocycles. The summed E-state index contributed by atoms with van der Waals surface area (Å²) in [6, 6.07) is 6.89. The van der Waals surface area contributed by atoms with E-state index in [1.54, 1.807) is 12.1 Å². The molecular weight excluding hydrogens is 338 g/mol. The third kappa shape index (κ3) is 3.21. The molecule has 98 valence electrons. The van der Waals surface area contributed by atoms with Crippen LogP contribution in [0.3, 0.4) is 0 Å². The molecule has 0 amide bonds. The van der Waals surface area contributed by atoms with Gasteiger partial charge in [0.15, 0.2) is 5.69 Å². The number of pyridine rings is 1. The summed E-state index contributed by atoms with van der Waals surface area (Å²) >= 11 is 9.08. The van der Waals surface area contributed by atoms with E-state index in [9.17, 15) is 9.18 Å². The summed E-state index contributed by atoms with van der Waals surface area (Å²) in [5.74, 6) is -1.31. The maximum Gasteiger partial charge on any atom is 0.354 e. The standard InChI is InChI=1S/C12H7BrClFN2O2/c13-7-4-6(15)5-8(14)11(7)17-10-3-1-2-9(16-10)12(18)19/h1-5H,(H,16,17)(H,18,19). The molecule has 0 unspecified atom stereocenters. The molecule has 4 nitrogen and oxygen atoms in total. The van der Waals surface area contributed by atoms with Crippen molar-refractivity contribution < 1.29 is 14.3 Å². The van der Waals surface area contributed by atoms with Gasteiger partial charge >= 0.3 is 5.97 Å². The van der Waals surface area contributed by atoms with Gasteiger partial charge in [-0.2, -0.15) is 0 Å². The van der Waals surface area contributed by atoms with Gasteiger partial charge in [-0.25, -0.2) is 14.2 Å². The first-order valence-corrected chi connectivity index (χ1v) is 6.26. The lowest BCUT2D eigenvalue weighted by molar-refractivity contribution is 0.0690. The first-order chi connectivity index (χ1) is 8.97. The number of carboxylic acids is 1. The molecule has 0 aliphatic carbocycles. The molecule has 2 rings (SSSR count). The van der Waals surface area contributed by atoms with Crippen LogP contribution in [-0.2, 0) is 0 Å². The second-order valence-corrected chi connectivity index (χ2v) is 4.84. The molecule has 0 bridgehead atoms. The van der Waals surface area contributed by atoms with Crippen molar-refractivity contribution in [3.63, 3.8) is 0 Å². The average molecular weight is 346 g/mol. The van der Waals surface area contributed by atoms with E-state index >= 15 is 0 Å². The molecular formula is C12H7BrClFN2O2. The predicted molar refractivity (Wildman–Crippen MR) is 73.6 cm³/mol. The van der Waals surface area contributed by atoms with Gasteiger partial charge in [0.1, 0.15) is 11.6 Å². The van der Waals surface area contributed by atoms with Gasteiger partial charge in [-0.05, 0) is 40.2 Å². The van der Waals surface area contributed by atoms with E-state index in [0.29, 0.717) is 16.0 Å². The smallest absolute Gasteiger partial charge is 0.354 e. The Bertz CT molecular complexity index is 628. The van der Waals surface area contributed by atoms with Crippen LogP contribution in [0.1, 0.15) is 10.5 Å². The van der Waals surface area contributed by atoms with Crippen molar-refractivity contribution >= 4 is 45.0 Å². The second-order valence-electron chi connectivity index (χ2n) is 3.58. The lowest BCUT2D eigenvalue weighted by Gasteiger charge is -2.10. The zero-order valence-electron chi connectivity index (χ0n) is 9.32. The van der Waals surface area contributed by atoms with E-state index < -0.39 is 11.8 Å². The van der Waals surface area contributed by atoms with Crippen molar-refractivity contribution in [2.24, 2.45) is 0 Å². The number of hydrogen-bond acceptors (Lipinski definition) is 3. The van der Waals surface area contributed by atoms with Gasteiger partial charge in [-0.3, -0.25) is 0 Å². The Kier molecular flexibility index (Phi) is 4.01. The van der Waals surface area contributed by atoms with Crippen LogP contribution in [0.5, 0.6) is 0 Å². The molecule has 2 N–H and O–H groups in total. The van der Waals surface area contributed by atoms with Gasteiger partial charge in [0, 0.05) is 4.47 Å². The minimum Gasteiger partial charge on any atom is -0.477 e. The fourth-order valence-corrected chi connectivity index (χ4v) is 2.31. The lowest BCUT2D eigenvalue weighted by Crippen LogP contribution is -2.03. The predicted octanol–water partition coefficient (Wildman–Crippen LogP) is 4.08. The zero-order valence-corrected chi connectivity index (χ0v) is 11.7. The number of carboxylic acid groups (broad SMARTS) is 1. The third-order valence-corrected chi connectivity index (χ3v) is 3.15. The highest BCUT2D eigenvalue weighted by atomic mass is 79.9. The highest BCUT2D eigenvalue weighted by Gasteiger charge is 2.10. The second kappa shape index (κ2) is 5.54. The van der Waals surface area contributed by atoms with Crippen LogP contribution in [0.2, 0.25) is 5.02 Å². The molecule has 2 aromatic rings. The van der Waals surface area contributed by atoms with Crippen LogP contribution < -0.4 is 5.32 Å². The van der Waals surface area contributed by atoms with E-state index in [4.69, 9.17) is 16.7 Å². The number of aromatic carboxylic acids is 1. The van der Waals surface area contributed by atoms with Crippen molar-refractivity contribution in [1.29, 1.82) is 0 Å². The number of carbonyl (C=O) groups is 1. The number of hydrogen-bond donors (Lipinski definition) is 2. The molecule has 0 aliphatic rings. The zero-order chi connectivity index (χ0) is 14.0. The Balaban J connectivity index is 2.36. The number of anilines is 2. The summed E-state index contributed by atoms with van der Waals surface area (Å²) in [4.78, 5) is 14.7. The monoisotopic (exact) mass is 344 g/mol. The summed E-state index contributed by atoms with van der Waals surface area (Å²) in [6.45, 7) is 0. The SMILES string of the molecule is O=C(O)c1cccc(Nc2c(Cl)cc(F)cc2Br)n1. The van der Waals surface area contributed by atoms with Gasteiger partial charge in [0.05, 0.1) is 10.7 Å². The molecule has 0 fully saturated rings. The fourth-order valence-electron chi connectivity index (χ4n) is 1.41. The molecule has 0 saturated carbocycles. The minimum atomic E-state index is -1.13. The number of nitrogens with zero attached hydrogens (tertiary/aromatic N) is 1. The third-order valence-electron chi connectivity index (χ3n) is 2.23. The van der Waals surface area contributed by atoms with E-state index in [0.717, 1.165) is 6.07 Å². The van der Waals surface area contributed by atoms with Crippen LogP contribution in [-0.4, -0.2) is 16.1 Å². The van der Waals surface area contributed by atoms with Crippen LogP contribution in [0, 0.1) is 5.82 Å². The van der Waals surface area contributed by atoms with E-state index in [-0.39, 0.29) is 10.7 Å². The number of aromatic nitrogens is 1. The minimum absolute atomic E-state index is 0.0978. The average Bonchev–Trinajstić information content (AvgIpc) is 2.34. The maximum atomic E-state index is 13.1. The topological polar surface area (TPSA) is 62.2 Å². The summed E-state index contributed by atoms with van der Waals surface area (Å²) in [6.07, 6.45) is 0. The molecule has 0 spiro atoms. The molecule has 0 aliphatic heterocycles. The largest absolute Gasteiger partial charge is 0.477 e. The van der Waals surface area contributed by atoms with Crippen LogP contribution in [0.25, 0.3) is 0 Å². The van der Waals surface area contributed by atoms with Crippen molar-refractivity contribution in [2.45, 2.75) is 0 Å². The van der Waals surface area contributed by atoms with E-state index in [1.165, 1.54) is 12.1 Å². The Morgan fingerprint density at radius 2 is 2.16 bits per heavy atom. The Morgan fingerprint density at radius 3 is 2.79 bits per heavy atom. The summed E-state index contributed by atoms with van der Waals surface area (Å²) in [7, 11) is 0. The molecule has 1 aromatic heterocycles. The maximum absolute atomic E-state index is 13.1.